The molecule has 0 aromatic heterocycles. The summed E-state index contributed by atoms with van der Waals surface area (Å²) < 4.78 is 33.1. The van der Waals surface area contributed by atoms with Crippen LogP contribution in [0.25, 0.3) is 0 Å². The van der Waals surface area contributed by atoms with Gasteiger partial charge in [-0.25, -0.2) is 13.1 Å². The Morgan fingerprint density at radius 2 is 2.15 bits per heavy atom. The van der Waals surface area contributed by atoms with Crippen molar-refractivity contribution in [3.8, 4) is 5.75 Å². The third-order valence-corrected chi connectivity index (χ3v) is 6.17. The van der Waals surface area contributed by atoms with Crippen molar-refractivity contribution >= 4 is 15.7 Å². The second-order valence-electron chi connectivity index (χ2n) is 6.48. The van der Waals surface area contributed by atoms with Crippen LogP contribution in [0.3, 0.4) is 0 Å². The number of nitro benzene ring substituents is 1. The monoisotopic (exact) mass is 385 g/mol. The molecule has 0 aliphatic carbocycles. The number of nitrogens with one attached hydrogen (secondary N) is 1. The van der Waals surface area contributed by atoms with Gasteiger partial charge >= 0.3 is 0 Å². The van der Waals surface area contributed by atoms with Crippen molar-refractivity contribution in [1.82, 2.24) is 9.62 Å². The third kappa shape index (κ3) is 5.15. The summed E-state index contributed by atoms with van der Waals surface area (Å²) in [5, 5.41) is 10.9. The average Bonchev–Trinajstić information content (AvgIpc) is 2.64. The average molecular weight is 385 g/mol. The molecule has 26 heavy (non-hydrogen) atoms. The van der Waals surface area contributed by atoms with Crippen molar-refractivity contribution < 1.29 is 18.1 Å². The smallest absolute Gasteiger partial charge is 0.273 e. The number of nitrogens with zero attached hydrogens (tertiary/aromatic N) is 2. The van der Waals surface area contributed by atoms with Crippen LogP contribution in [0, 0.1) is 10.1 Å². The maximum absolute atomic E-state index is 12.7. The molecule has 0 bridgehead atoms. The molecule has 9 heteroatoms. The number of piperidine rings is 1. The van der Waals surface area contributed by atoms with E-state index in [9.17, 15) is 18.5 Å². The van der Waals surface area contributed by atoms with Crippen molar-refractivity contribution in [3.05, 3.63) is 28.3 Å². The van der Waals surface area contributed by atoms with Gasteiger partial charge in [-0.15, -0.1) is 0 Å². The van der Waals surface area contributed by atoms with E-state index in [-0.39, 0.29) is 22.4 Å². The molecule has 1 fully saturated rings. The molecule has 1 aliphatic rings. The normalized spacial score (nSPS) is 18.6. The lowest BCUT2D eigenvalue weighted by Gasteiger charge is -2.35. The number of methoxy groups -OCH3 is 1. The number of nitro groups is 1. The van der Waals surface area contributed by atoms with Crippen molar-refractivity contribution in [2.24, 2.45) is 0 Å². The van der Waals surface area contributed by atoms with Gasteiger partial charge in [-0.2, -0.15) is 0 Å². The number of likely N-dealkylation sites (tertiary alicyclic amines) is 1. The van der Waals surface area contributed by atoms with Gasteiger partial charge in [-0.1, -0.05) is 19.8 Å². The largest absolute Gasteiger partial charge is 0.495 e. The summed E-state index contributed by atoms with van der Waals surface area (Å²) in [5.41, 5.74) is -0.209. The Bertz CT molecular complexity index is 723. The quantitative estimate of drug-likeness (QED) is 0.518. The van der Waals surface area contributed by atoms with E-state index in [2.05, 4.69) is 16.5 Å². The van der Waals surface area contributed by atoms with Crippen LogP contribution < -0.4 is 9.46 Å². The Morgan fingerprint density at radius 1 is 1.38 bits per heavy atom. The van der Waals surface area contributed by atoms with Gasteiger partial charge in [0.25, 0.3) is 5.69 Å². The highest BCUT2D eigenvalue weighted by Gasteiger charge is 2.26. The fraction of sp³-hybridized carbons (Fsp3) is 0.647. The molecular formula is C17H27N3O5S. The third-order valence-electron chi connectivity index (χ3n) is 4.70. The molecule has 0 amide bonds. The standard InChI is InChI=1S/C17H27N3O5S/c1-3-4-10-19-11-6-5-7-15(19)13-18-26(23,24)17-9-8-14(20(21)22)12-16(17)25-2/h8-9,12,15,18H,3-7,10-11,13H2,1-2H3. The van der Waals surface area contributed by atoms with E-state index in [0.29, 0.717) is 6.54 Å². The van der Waals surface area contributed by atoms with E-state index in [1.54, 1.807) is 0 Å². The van der Waals surface area contributed by atoms with Crippen molar-refractivity contribution in [2.75, 3.05) is 26.7 Å². The molecule has 1 heterocycles. The highest BCUT2D eigenvalue weighted by atomic mass is 32.2. The molecule has 2 rings (SSSR count). The molecule has 1 atom stereocenters. The number of ether oxygens (including phenoxy) is 1. The highest BCUT2D eigenvalue weighted by Crippen LogP contribution is 2.28. The highest BCUT2D eigenvalue weighted by molar-refractivity contribution is 7.89. The summed E-state index contributed by atoms with van der Waals surface area (Å²) in [5.74, 6) is -0.0295. The fourth-order valence-electron chi connectivity index (χ4n) is 3.22. The van der Waals surface area contributed by atoms with Crippen molar-refractivity contribution in [1.29, 1.82) is 0 Å². The number of rotatable bonds is 9. The molecular weight excluding hydrogens is 358 g/mol. The van der Waals surface area contributed by atoms with Gasteiger partial charge in [0, 0.05) is 18.7 Å². The molecule has 0 saturated carbocycles. The summed E-state index contributed by atoms with van der Waals surface area (Å²) in [4.78, 5) is 12.5. The van der Waals surface area contributed by atoms with Gasteiger partial charge in [0.15, 0.2) is 0 Å². The molecule has 1 aliphatic heterocycles. The second-order valence-corrected chi connectivity index (χ2v) is 8.22. The zero-order valence-electron chi connectivity index (χ0n) is 15.3. The number of sulfonamides is 1. The molecule has 1 N–H and O–H groups in total. The first-order valence-corrected chi connectivity index (χ1v) is 10.4. The van der Waals surface area contributed by atoms with E-state index >= 15 is 0 Å². The lowest BCUT2D eigenvalue weighted by molar-refractivity contribution is -0.385. The lowest BCUT2D eigenvalue weighted by atomic mass is 10.0. The maximum Gasteiger partial charge on any atom is 0.273 e. The molecule has 8 nitrogen and oxygen atoms in total. The Hall–Kier alpha value is -1.71. The zero-order chi connectivity index (χ0) is 19.2. The molecule has 1 unspecified atom stereocenters. The summed E-state index contributed by atoms with van der Waals surface area (Å²) >= 11 is 0. The van der Waals surface area contributed by atoms with Gasteiger partial charge in [0.2, 0.25) is 10.0 Å². The van der Waals surface area contributed by atoms with Crippen molar-refractivity contribution in [2.45, 2.75) is 50.0 Å². The summed E-state index contributed by atoms with van der Waals surface area (Å²) in [6.45, 7) is 4.44. The first-order chi connectivity index (χ1) is 12.4. The number of benzene rings is 1. The minimum Gasteiger partial charge on any atom is -0.495 e. The van der Waals surface area contributed by atoms with Crippen LogP contribution in [0.4, 0.5) is 5.69 Å². The second kappa shape index (κ2) is 9.29. The molecule has 1 saturated heterocycles. The van der Waals surface area contributed by atoms with Gasteiger partial charge < -0.3 is 4.74 Å². The molecule has 1 aromatic rings. The van der Waals surface area contributed by atoms with Crippen LogP contribution in [0.1, 0.15) is 39.0 Å². The number of hydrogen-bond donors (Lipinski definition) is 1. The predicted octanol–water partition coefficient (Wildman–Crippen LogP) is 2.54. The van der Waals surface area contributed by atoms with E-state index in [4.69, 9.17) is 4.74 Å². The number of unbranched alkanes of at least 4 members (excludes halogenated alkanes) is 1. The Balaban J connectivity index is 2.11. The first kappa shape index (κ1) is 20.6. The van der Waals surface area contributed by atoms with Crippen LogP contribution in [0.5, 0.6) is 5.75 Å². The van der Waals surface area contributed by atoms with Gasteiger partial charge in [-0.3, -0.25) is 15.0 Å². The van der Waals surface area contributed by atoms with Gasteiger partial charge in [0.05, 0.1) is 18.1 Å². The topological polar surface area (TPSA) is 102 Å². The number of non-ortho nitro benzene ring substituents is 1. The van der Waals surface area contributed by atoms with E-state index < -0.39 is 14.9 Å². The molecule has 1 aromatic carbocycles. The van der Waals surface area contributed by atoms with Crippen LogP contribution in [0.2, 0.25) is 0 Å². The van der Waals surface area contributed by atoms with E-state index in [1.807, 2.05) is 0 Å². The maximum atomic E-state index is 12.7. The molecule has 0 radical (unpaired) electrons. The Kier molecular flexibility index (Phi) is 7.36. The Morgan fingerprint density at radius 3 is 2.81 bits per heavy atom. The predicted molar refractivity (Wildman–Crippen MR) is 99.0 cm³/mol. The van der Waals surface area contributed by atoms with Crippen LogP contribution in [-0.4, -0.2) is 51.0 Å². The van der Waals surface area contributed by atoms with Crippen molar-refractivity contribution in [3.63, 3.8) is 0 Å². The molecule has 0 spiro atoms. The first-order valence-electron chi connectivity index (χ1n) is 8.95. The van der Waals surface area contributed by atoms with Gasteiger partial charge in [-0.05, 0) is 38.4 Å². The molecule has 146 valence electrons. The summed E-state index contributed by atoms with van der Waals surface area (Å²) in [6.07, 6.45) is 5.40. The lowest BCUT2D eigenvalue weighted by Crippen LogP contribution is -2.46. The van der Waals surface area contributed by atoms with E-state index in [1.165, 1.54) is 19.2 Å². The number of hydrogen-bond acceptors (Lipinski definition) is 6. The SMILES string of the molecule is CCCCN1CCCCC1CNS(=O)(=O)c1ccc([N+](=O)[O-])cc1OC. The van der Waals surface area contributed by atoms with Crippen LogP contribution in [-0.2, 0) is 10.0 Å². The van der Waals surface area contributed by atoms with Crippen LogP contribution in [0.15, 0.2) is 23.1 Å². The summed E-state index contributed by atoms with van der Waals surface area (Å²) in [7, 11) is -2.52. The van der Waals surface area contributed by atoms with E-state index in [0.717, 1.165) is 51.3 Å². The summed E-state index contributed by atoms with van der Waals surface area (Å²) in [6, 6.07) is 3.69. The van der Waals surface area contributed by atoms with Gasteiger partial charge in [0.1, 0.15) is 10.6 Å². The minimum atomic E-state index is -3.81. The van der Waals surface area contributed by atoms with Crippen LogP contribution >= 0.6 is 0 Å². The fourth-order valence-corrected chi connectivity index (χ4v) is 4.44. The minimum absolute atomic E-state index is 0.0295. The zero-order valence-corrected chi connectivity index (χ0v) is 16.1. The Labute approximate surface area is 154 Å².